The summed E-state index contributed by atoms with van der Waals surface area (Å²) in [5.41, 5.74) is 6.20. The fraction of sp³-hybridized carbons (Fsp3) is 0.556. The quantitative estimate of drug-likeness (QED) is 0.777. The van der Waals surface area contributed by atoms with Gasteiger partial charge in [0, 0.05) is 4.88 Å². The van der Waals surface area contributed by atoms with Crippen LogP contribution >= 0.6 is 11.3 Å². The first-order valence-corrected chi connectivity index (χ1v) is 5.23. The van der Waals surface area contributed by atoms with Crippen LogP contribution in [0, 0.1) is 6.92 Å². The molecule has 1 aromatic heterocycles. The summed E-state index contributed by atoms with van der Waals surface area (Å²) in [6, 6.07) is -0.0860. The van der Waals surface area contributed by atoms with E-state index in [2.05, 4.69) is 9.72 Å². The summed E-state index contributed by atoms with van der Waals surface area (Å²) >= 11 is 1.45. The molecule has 1 atom stereocenters. The number of nitrogens with zero attached hydrogens (tertiary/aromatic N) is 1. The third-order valence-electron chi connectivity index (χ3n) is 1.95. The summed E-state index contributed by atoms with van der Waals surface area (Å²) in [5.74, 6) is -0.395. The molecule has 2 N–H and O–H groups in total. The number of rotatable bonds is 3. The van der Waals surface area contributed by atoms with Gasteiger partial charge in [-0.1, -0.05) is 6.92 Å². The van der Waals surface area contributed by atoms with E-state index in [1.54, 1.807) is 0 Å². The number of nitrogens with two attached hydrogens (primary N) is 1. The Bertz CT molecular complexity index is 336. The molecule has 0 aliphatic heterocycles. The van der Waals surface area contributed by atoms with Crippen molar-refractivity contribution in [1.82, 2.24) is 4.98 Å². The van der Waals surface area contributed by atoms with Crippen molar-refractivity contribution < 1.29 is 9.53 Å². The number of carbonyl (C=O) groups is 1. The van der Waals surface area contributed by atoms with Gasteiger partial charge in [-0.25, -0.2) is 9.78 Å². The highest BCUT2D eigenvalue weighted by Gasteiger charge is 2.18. The number of hydrogen-bond donors (Lipinski definition) is 1. The molecule has 0 saturated carbocycles. The second kappa shape index (κ2) is 4.52. The minimum Gasteiger partial charge on any atom is -0.464 e. The molecule has 14 heavy (non-hydrogen) atoms. The molecule has 0 spiro atoms. The number of thiazole rings is 1. The number of aryl methyl sites for hydroxylation is 1. The molecule has 0 aliphatic rings. The van der Waals surface area contributed by atoms with Crippen LogP contribution in [-0.4, -0.2) is 18.1 Å². The lowest BCUT2D eigenvalue weighted by atomic mass is 10.2. The van der Waals surface area contributed by atoms with Gasteiger partial charge in [0.2, 0.25) is 0 Å². The molecule has 1 unspecified atom stereocenters. The van der Waals surface area contributed by atoms with Crippen LogP contribution in [0.4, 0.5) is 0 Å². The van der Waals surface area contributed by atoms with Gasteiger partial charge in [-0.2, -0.15) is 0 Å². The van der Waals surface area contributed by atoms with Gasteiger partial charge < -0.3 is 10.5 Å². The summed E-state index contributed by atoms with van der Waals surface area (Å²) in [6.07, 6.45) is 0.813. The molecule has 4 nitrogen and oxygen atoms in total. The van der Waals surface area contributed by atoms with E-state index in [1.807, 2.05) is 13.8 Å². The predicted octanol–water partition coefficient (Wildman–Crippen LogP) is 1.65. The zero-order chi connectivity index (χ0) is 10.7. The van der Waals surface area contributed by atoms with Gasteiger partial charge in [-0.3, -0.25) is 0 Å². The van der Waals surface area contributed by atoms with E-state index in [0.717, 1.165) is 16.3 Å². The molecule has 0 fully saturated rings. The second-order valence-electron chi connectivity index (χ2n) is 2.96. The third kappa shape index (κ3) is 2.10. The van der Waals surface area contributed by atoms with Crippen molar-refractivity contribution in [2.45, 2.75) is 26.3 Å². The van der Waals surface area contributed by atoms with Crippen LogP contribution in [0.2, 0.25) is 0 Å². The Morgan fingerprint density at radius 2 is 2.36 bits per heavy atom. The van der Waals surface area contributed by atoms with E-state index >= 15 is 0 Å². The zero-order valence-corrected chi connectivity index (χ0v) is 9.35. The maximum absolute atomic E-state index is 11.2. The van der Waals surface area contributed by atoms with Crippen LogP contribution in [0.5, 0.6) is 0 Å². The van der Waals surface area contributed by atoms with Crippen LogP contribution in [-0.2, 0) is 4.74 Å². The first-order valence-electron chi connectivity index (χ1n) is 4.41. The monoisotopic (exact) mass is 214 g/mol. The number of hydrogen-bond acceptors (Lipinski definition) is 5. The molecule has 5 heteroatoms. The summed E-state index contributed by atoms with van der Waals surface area (Å²) in [4.78, 5) is 16.3. The van der Waals surface area contributed by atoms with Crippen LogP contribution in [0.3, 0.4) is 0 Å². The molecule has 78 valence electrons. The average Bonchev–Trinajstić information content (AvgIpc) is 2.58. The molecule has 0 aromatic carbocycles. The van der Waals surface area contributed by atoms with Crippen molar-refractivity contribution in [2.75, 3.05) is 7.11 Å². The Labute approximate surface area is 87.1 Å². The van der Waals surface area contributed by atoms with Crippen LogP contribution in [0.15, 0.2) is 0 Å². The molecule has 0 saturated heterocycles. The topological polar surface area (TPSA) is 65.2 Å². The minimum atomic E-state index is -0.395. The third-order valence-corrected chi connectivity index (χ3v) is 3.05. The van der Waals surface area contributed by atoms with Crippen LogP contribution in [0.1, 0.15) is 39.8 Å². The largest absolute Gasteiger partial charge is 0.464 e. The summed E-state index contributed by atoms with van der Waals surface area (Å²) in [5, 5.41) is 0.797. The van der Waals surface area contributed by atoms with Gasteiger partial charge in [-0.15, -0.1) is 11.3 Å². The number of aromatic nitrogens is 1. The number of carbonyl (C=O) groups excluding carboxylic acids is 1. The maximum Gasteiger partial charge on any atom is 0.357 e. The van der Waals surface area contributed by atoms with Gasteiger partial charge >= 0.3 is 5.97 Å². The van der Waals surface area contributed by atoms with E-state index < -0.39 is 5.97 Å². The zero-order valence-electron chi connectivity index (χ0n) is 8.53. The Hall–Kier alpha value is -0.940. The SMILES string of the molecule is CCC(N)c1nc(C(=O)OC)c(C)s1. The molecule has 1 heterocycles. The van der Waals surface area contributed by atoms with Crippen molar-refractivity contribution in [3.8, 4) is 0 Å². The number of ether oxygens (including phenoxy) is 1. The van der Waals surface area contributed by atoms with Crippen molar-refractivity contribution in [3.05, 3.63) is 15.6 Å². The Morgan fingerprint density at radius 3 is 2.86 bits per heavy atom. The van der Waals surface area contributed by atoms with Crippen LogP contribution in [0.25, 0.3) is 0 Å². The number of methoxy groups -OCH3 is 1. The van der Waals surface area contributed by atoms with Gasteiger partial charge in [0.15, 0.2) is 5.69 Å². The molecule has 1 aromatic rings. The highest BCUT2D eigenvalue weighted by molar-refractivity contribution is 7.11. The van der Waals surface area contributed by atoms with Crippen molar-refractivity contribution >= 4 is 17.3 Å². The molecular formula is C9H14N2O2S. The second-order valence-corrected chi connectivity index (χ2v) is 4.20. The summed E-state index contributed by atoms with van der Waals surface area (Å²) in [6.45, 7) is 3.83. The first-order chi connectivity index (χ1) is 6.60. The smallest absolute Gasteiger partial charge is 0.357 e. The maximum atomic E-state index is 11.2. The fourth-order valence-electron chi connectivity index (χ4n) is 1.04. The van der Waals surface area contributed by atoms with Crippen molar-refractivity contribution in [2.24, 2.45) is 5.73 Å². The van der Waals surface area contributed by atoms with Gasteiger partial charge in [-0.05, 0) is 13.3 Å². The van der Waals surface area contributed by atoms with E-state index in [1.165, 1.54) is 18.4 Å². The molecule has 0 aliphatic carbocycles. The first kappa shape index (κ1) is 11.1. The lowest BCUT2D eigenvalue weighted by Crippen LogP contribution is -2.09. The Morgan fingerprint density at radius 1 is 1.71 bits per heavy atom. The van der Waals surface area contributed by atoms with Gasteiger partial charge in [0.05, 0.1) is 13.2 Å². The molecule has 1 rings (SSSR count). The highest BCUT2D eigenvalue weighted by atomic mass is 32.1. The van der Waals surface area contributed by atoms with E-state index in [4.69, 9.17) is 5.73 Å². The Balaban J connectivity index is 2.98. The predicted molar refractivity (Wildman–Crippen MR) is 55.4 cm³/mol. The van der Waals surface area contributed by atoms with E-state index in [-0.39, 0.29) is 6.04 Å². The minimum absolute atomic E-state index is 0.0860. The Kier molecular flexibility index (Phi) is 3.60. The summed E-state index contributed by atoms with van der Waals surface area (Å²) < 4.78 is 4.61. The van der Waals surface area contributed by atoms with Crippen LogP contribution < -0.4 is 5.73 Å². The average molecular weight is 214 g/mol. The van der Waals surface area contributed by atoms with Gasteiger partial charge in [0.1, 0.15) is 5.01 Å². The number of esters is 1. The molecule has 0 radical (unpaired) electrons. The summed E-state index contributed by atoms with van der Waals surface area (Å²) in [7, 11) is 1.35. The highest BCUT2D eigenvalue weighted by Crippen LogP contribution is 2.23. The van der Waals surface area contributed by atoms with Crippen molar-refractivity contribution in [1.29, 1.82) is 0 Å². The van der Waals surface area contributed by atoms with Gasteiger partial charge in [0.25, 0.3) is 0 Å². The normalized spacial score (nSPS) is 12.6. The molecule has 0 amide bonds. The van der Waals surface area contributed by atoms with E-state index in [9.17, 15) is 4.79 Å². The fourth-order valence-corrected chi connectivity index (χ4v) is 2.03. The molecular weight excluding hydrogens is 200 g/mol. The standard InChI is InChI=1S/C9H14N2O2S/c1-4-6(10)8-11-7(5(2)14-8)9(12)13-3/h6H,4,10H2,1-3H3. The lowest BCUT2D eigenvalue weighted by molar-refractivity contribution is 0.0594. The van der Waals surface area contributed by atoms with Crippen molar-refractivity contribution in [3.63, 3.8) is 0 Å². The molecule has 0 bridgehead atoms. The van der Waals surface area contributed by atoms with E-state index in [0.29, 0.717) is 5.69 Å². The lowest BCUT2D eigenvalue weighted by Gasteiger charge is -2.01.